The summed E-state index contributed by atoms with van der Waals surface area (Å²) in [7, 11) is 1.19. The maximum absolute atomic E-state index is 13.0. The molecule has 0 aliphatic rings. The lowest BCUT2D eigenvalue weighted by Gasteiger charge is -2.08. The Kier molecular flexibility index (Phi) is 3.50. The van der Waals surface area contributed by atoms with Crippen LogP contribution in [0.15, 0.2) is 6.07 Å². The van der Waals surface area contributed by atoms with Gasteiger partial charge in [-0.3, -0.25) is 0 Å². The molecule has 0 radical (unpaired) electrons. The van der Waals surface area contributed by atoms with Crippen molar-refractivity contribution in [2.24, 2.45) is 0 Å². The SMILES string of the molecule is COc1cc(CC#N)c(C(F)F)nc1F. The highest BCUT2D eigenvalue weighted by Crippen LogP contribution is 2.26. The summed E-state index contributed by atoms with van der Waals surface area (Å²) in [5.74, 6) is -1.35. The first-order valence-electron chi connectivity index (χ1n) is 3.98. The monoisotopic (exact) mass is 216 g/mol. The van der Waals surface area contributed by atoms with E-state index in [-0.39, 0.29) is 17.7 Å². The van der Waals surface area contributed by atoms with Gasteiger partial charge in [-0.2, -0.15) is 9.65 Å². The number of nitrogens with zero attached hydrogens (tertiary/aromatic N) is 2. The second-order valence-electron chi connectivity index (χ2n) is 2.66. The zero-order chi connectivity index (χ0) is 11.4. The molecule has 0 fully saturated rings. The van der Waals surface area contributed by atoms with Crippen LogP contribution in [0.4, 0.5) is 13.2 Å². The Morgan fingerprint density at radius 1 is 1.60 bits per heavy atom. The molecule has 0 aliphatic heterocycles. The van der Waals surface area contributed by atoms with Gasteiger partial charge >= 0.3 is 0 Å². The first-order chi connectivity index (χ1) is 7.10. The zero-order valence-electron chi connectivity index (χ0n) is 7.80. The van der Waals surface area contributed by atoms with Gasteiger partial charge in [-0.15, -0.1) is 0 Å². The molecule has 1 aromatic rings. The summed E-state index contributed by atoms with van der Waals surface area (Å²) in [6.45, 7) is 0. The van der Waals surface area contributed by atoms with Crippen molar-refractivity contribution >= 4 is 0 Å². The van der Waals surface area contributed by atoms with Crippen molar-refractivity contribution in [1.82, 2.24) is 4.98 Å². The van der Waals surface area contributed by atoms with E-state index >= 15 is 0 Å². The standard InChI is InChI=1S/C9H7F3N2O/c1-15-6-4-5(2-3-13)7(8(10)11)14-9(6)12/h4,8H,2H2,1H3. The molecule has 6 heteroatoms. The fourth-order valence-corrected chi connectivity index (χ4v) is 1.08. The lowest BCUT2D eigenvalue weighted by Crippen LogP contribution is -2.03. The van der Waals surface area contributed by atoms with E-state index in [0.29, 0.717) is 0 Å². The fraction of sp³-hybridized carbons (Fsp3) is 0.333. The van der Waals surface area contributed by atoms with E-state index in [0.717, 1.165) is 6.07 Å². The van der Waals surface area contributed by atoms with E-state index in [4.69, 9.17) is 5.26 Å². The van der Waals surface area contributed by atoms with Crippen molar-refractivity contribution < 1.29 is 17.9 Å². The van der Waals surface area contributed by atoms with Crippen LogP contribution in [0.25, 0.3) is 0 Å². The third kappa shape index (κ3) is 2.37. The van der Waals surface area contributed by atoms with Gasteiger partial charge in [0.15, 0.2) is 5.75 Å². The van der Waals surface area contributed by atoms with E-state index in [9.17, 15) is 13.2 Å². The van der Waals surface area contributed by atoms with Crippen LogP contribution >= 0.6 is 0 Å². The molecule has 0 saturated carbocycles. The van der Waals surface area contributed by atoms with Gasteiger partial charge in [-0.25, -0.2) is 13.8 Å². The molecule has 1 rings (SSSR count). The Morgan fingerprint density at radius 2 is 2.27 bits per heavy atom. The Hall–Kier alpha value is -1.77. The molecule has 0 saturated heterocycles. The Bertz CT molecular complexity index is 401. The van der Waals surface area contributed by atoms with Crippen LogP contribution in [0.3, 0.4) is 0 Å². The number of alkyl halides is 2. The minimum absolute atomic E-state index is 0.0225. The fourth-order valence-electron chi connectivity index (χ4n) is 1.08. The Morgan fingerprint density at radius 3 is 2.73 bits per heavy atom. The smallest absolute Gasteiger partial charge is 0.280 e. The van der Waals surface area contributed by atoms with E-state index in [1.807, 2.05) is 0 Å². The van der Waals surface area contributed by atoms with Crippen LogP contribution in [0, 0.1) is 17.3 Å². The molecular formula is C9H7F3N2O. The molecule has 80 valence electrons. The van der Waals surface area contributed by atoms with Crippen LogP contribution < -0.4 is 4.74 Å². The van der Waals surface area contributed by atoms with E-state index in [1.165, 1.54) is 7.11 Å². The normalized spacial score (nSPS) is 10.1. The summed E-state index contributed by atoms with van der Waals surface area (Å²) < 4.78 is 42.3. The summed E-state index contributed by atoms with van der Waals surface area (Å²) in [6, 6.07) is 2.76. The lowest BCUT2D eigenvalue weighted by atomic mass is 10.1. The molecule has 0 bridgehead atoms. The average Bonchev–Trinajstić information content (AvgIpc) is 2.20. The third-order valence-electron chi connectivity index (χ3n) is 1.75. The molecule has 0 aromatic carbocycles. The summed E-state index contributed by atoms with van der Waals surface area (Å²) >= 11 is 0. The van der Waals surface area contributed by atoms with Crippen LogP contribution in [-0.2, 0) is 6.42 Å². The molecule has 3 nitrogen and oxygen atoms in total. The second-order valence-corrected chi connectivity index (χ2v) is 2.66. The molecule has 1 aromatic heterocycles. The minimum Gasteiger partial charge on any atom is -0.492 e. The lowest BCUT2D eigenvalue weighted by molar-refractivity contribution is 0.143. The maximum Gasteiger partial charge on any atom is 0.280 e. The third-order valence-corrected chi connectivity index (χ3v) is 1.75. The van der Waals surface area contributed by atoms with Gasteiger partial charge < -0.3 is 4.74 Å². The van der Waals surface area contributed by atoms with Crippen LogP contribution in [0.1, 0.15) is 17.7 Å². The quantitative estimate of drug-likeness (QED) is 0.728. The van der Waals surface area contributed by atoms with Crippen LogP contribution in [0.5, 0.6) is 5.75 Å². The number of halogens is 3. The summed E-state index contributed by atoms with van der Waals surface area (Å²) in [4.78, 5) is 3.07. The van der Waals surface area contributed by atoms with Crippen molar-refractivity contribution in [3.05, 3.63) is 23.3 Å². The van der Waals surface area contributed by atoms with E-state index < -0.39 is 18.1 Å². The number of aromatic nitrogens is 1. The average molecular weight is 216 g/mol. The molecule has 1 heterocycles. The van der Waals surface area contributed by atoms with Gasteiger partial charge in [0.25, 0.3) is 12.4 Å². The Labute approximate surface area is 84.1 Å². The van der Waals surface area contributed by atoms with Crippen molar-refractivity contribution in [2.45, 2.75) is 12.8 Å². The molecule has 0 atom stereocenters. The van der Waals surface area contributed by atoms with Gasteiger partial charge in [0.1, 0.15) is 5.69 Å². The first-order valence-corrected chi connectivity index (χ1v) is 3.98. The summed E-state index contributed by atoms with van der Waals surface area (Å²) in [6.07, 6.45) is -3.17. The molecule has 0 N–H and O–H groups in total. The number of ether oxygens (including phenoxy) is 1. The van der Waals surface area contributed by atoms with Crippen molar-refractivity contribution in [3.63, 3.8) is 0 Å². The maximum atomic E-state index is 13.0. The highest BCUT2D eigenvalue weighted by atomic mass is 19.3. The highest BCUT2D eigenvalue weighted by Gasteiger charge is 2.18. The molecule has 0 spiro atoms. The van der Waals surface area contributed by atoms with Gasteiger partial charge in [-0.1, -0.05) is 0 Å². The van der Waals surface area contributed by atoms with Crippen molar-refractivity contribution in [2.75, 3.05) is 7.11 Å². The predicted molar refractivity (Wildman–Crippen MR) is 45.0 cm³/mol. The number of pyridine rings is 1. The number of nitriles is 1. The second kappa shape index (κ2) is 4.64. The predicted octanol–water partition coefficient (Wildman–Crippen LogP) is 2.23. The molecule has 0 aliphatic carbocycles. The number of hydrogen-bond acceptors (Lipinski definition) is 3. The number of hydrogen-bond donors (Lipinski definition) is 0. The van der Waals surface area contributed by atoms with Crippen LogP contribution in [0.2, 0.25) is 0 Å². The Balaban J connectivity index is 3.26. The molecule has 15 heavy (non-hydrogen) atoms. The van der Waals surface area contributed by atoms with E-state index in [2.05, 4.69) is 9.72 Å². The molecule has 0 amide bonds. The largest absolute Gasteiger partial charge is 0.492 e. The number of rotatable bonds is 3. The number of methoxy groups -OCH3 is 1. The van der Waals surface area contributed by atoms with Crippen LogP contribution in [-0.4, -0.2) is 12.1 Å². The first kappa shape index (κ1) is 11.3. The van der Waals surface area contributed by atoms with Gasteiger partial charge in [0.2, 0.25) is 0 Å². The summed E-state index contributed by atoms with van der Waals surface area (Å²) in [5, 5.41) is 8.40. The summed E-state index contributed by atoms with van der Waals surface area (Å²) in [5.41, 5.74) is -0.736. The zero-order valence-corrected chi connectivity index (χ0v) is 7.80. The highest BCUT2D eigenvalue weighted by molar-refractivity contribution is 5.33. The van der Waals surface area contributed by atoms with Gasteiger partial charge in [0, 0.05) is 0 Å². The van der Waals surface area contributed by atoms with Gasteiger partial charge in [0.05, 0.1) is 19.6 Å². The molecular weight excluding hydrogens is 209 g/mol. The van der Waals surface area contributed by atoms with Gasteiger partial charge in [-0.05, 0) is 11.6 Å². The molecule has 0 unspecified atom stereocenters. The minimum atomic E-state index is -2.91. The van der Waals surface area contributed by atoms with Crippen molar-refractivity contribution in [3.8, 4) is 11.8 Å². The van der Waals surface area contributed by atoms with E-state index in [1.54, 1.807) is 6.07 Å². The van der Waals surface area contributed by atoms with Crippen molar-refractivity contribution in [1.29, 1.82) is 5.26 Å². The topological polar surface area (TPSA) is 45.9 Å².